The van der Waals surface area contributed by atoms with E-state index in [2.05, 4.69) is 5.32 Å². The summed E-state index contributed by atoms with van der Waals surface area (Å²) in [7, 11) is 0. The summed E-state index contributed by atoms with van der Waals surface area (Å²) < 4.78 is 0. The lowest BCUT2D eigenvalue weighted by Crippen LogP contribution is -2.38. The van der Waals surface area contributed by atoms with Gasteiger partial charge >= 0.3 is 0 Å². The van der Waals surface area contributed by atoms with Gasteiger partial charge < -0.3 is 10.4 Å². The number of benzene rings is 1. The molecule has 0 heterocycles. The van der Waals surface area contributed by atoms with Crippen LogP contribution in [0.2, 0.25) is 0 Å². The van der Waals surface area contributed by atoms with Crippen molar-refractivity contribution in [1.82, 2.24) is 5.32 Å². The summed E-state index contributed by atoms with van der Waals surface area (Å²) in [6.45, 7) is 2.65. The molecule has 3 unspecified atom stereocenters. The lowest BCUT2D eigenvalue weighted by molar-refractivity contribution is -0.124. The first-order chi connectivity index (χ1) is 9.18. The van der Waals surface area contributed by atoms with E-state index in [0.717, 1.165) is 31.2 Å². The quantitative estimate of drug-likeness (QED) is 0.856. The van der Waals surface area contributed by atoms with Crippen LogP contribution in [0.5, 0.6) is 0 Å². The average Bonchev–Trinajstić information content (AvgIpc) is 2.46. The van der Waals surface area contributed by atoms with Crippen molar-refractivity contribution in [2.24, 2.45) is 5.92 Å². The number of Topliss-reactive ketones (excluding diaryl/α,β-unsaturated/α-hetero) is 1. The van der Waals surface area contributed by atoms with E-state index in [-0.39, 0.29) is 12.0 Å². The molecule has 0 spiro atoms. The molecule has 2 rings (SSSR count). The van der Waals surface area contributed by atoms with Gasteiger partial charge in [0.15, 0.2) is 0 Å². The van der Waals surface area contributed by atoms with Crippen LogP contribution in [0.4, 0.5) is 0 Å². The van der Waals surface area contributed by atoms with Crippen molar-refractivity contribution in [3.8, 4) is 0 Å². The van der Waals surface area contributed by atoms with Crippen molar-refractivity contribution in [3.05, 3.63) is 35.9 Å². The van der Waals surface area contributed by atoms with E-state index in [4.69, 9.17) is 0 Å². The minimum absolute atomic E-state index is 0.0443. The molecule has 1 fully saturated rings. The van der Waals surface area contributed by atoms with E-state index >= 15 is 0 Å². The van der Waals surface area contributed by atoms with Crippen molar-refractivity contribution < 1.29 is 9.90 Å². The molecule has 104 valence electrons. The maximum atomic E-state index is 11.7. The lowest BCUT2D eigenvalue weighted by atomic mass is 9.87. The highest BCUT2D eigenvalue weighted by molar-refractivity contribution is 5.81. The topological polar surface area (TPSA) is 49.3 Å². The Morgan fingerprint density at radius 1 is 1.32 bits per heavy atom. The highest BCUT2D eigenvalue weighted by Gasteiger charge is 2.23. The summed E-state index contributed by atoms with van der Waals surface area (Å²) >= 11 is 0. The maximum absolute atomic E-state index is 11.7. The van der Waals surface area contributed by atoms with Crippen LogP contribution in [-0.4, -0.2) is 23.5 Å². The standard InChI is InChI=1S/C16H23NO2/c1-12(16(19)13-7-3-2-4-8-13)17-11-14-9-5-6-10-15(14)18/h2-4,7-8,12,14,16-17,19H,5-6,9-11H2,1H3. The SMILES string of the molecule is CC(NCC1CCCCC1=O)C(O)c1ccccc1. The molecule has 0 aromatic heterocycles. The van der Waals surface area contributed by atoms with Gasteiger partial charge in [-0.1, -0.05) is 36.8 Å². The number of rotatable bonds is 5. The number of nitrogens with one attached hydrogen (secondary N) is 1. The highest BCUT2D eigenvalue weighted by atomic mass is 16.3. The molecule has 19 heavy (non-hydrogen) atoms. The second kappa shape index (κ2) is 6.83. The van der Waals surface area contributed by atoms with Crippen molar-refractivity contribution in [2.45, 2.75) is 44.8 Å². The number of carbonyl (C=O) groups is 1. The molecule has 1 aliphatic carbocycles. The third kappa shape index (κ3) is 3.88. The first kappa shape index (κ1) is 14.2. The van der Waals surface area contributed by atoms with Crippen LogP contribution < -0.4 is 5.32 Å². The Kier molecular flexibility index (Phi) is 5.11. The minimum Gasteiger partial charge on any atom is -0.387 e. The number of carbonyl (C=O) groups excluding carboxylic acids is 1. The minimum atomic E-state index is -0.528. The molecule has 1 saturated carbocycles. The molecular weight excluding hydrogens is 238 g/mol. The number of ketones is 1. The van der Waals surface area contributed by atoms with Crippen molar-refractivity contribution in [1.29, 1.82) is 0 Å². The second-order valence-corrected chi connectivity index (χ2v) is 5.46. The van der Waals surface area contributed by atoms with Crippen molar-refractivity contribution in [3.63, 3.8) is 0 Å². The Balaban J connectivity index is 1.83. The zero-order valence-electron chi connectivity index (χ0n) is 11.5. The normalized spacial score (nSPS) is 23.1. The molecule has 1 aromatic rings. The van der Waals surface area contributed by atoms with Gasteiger partial charge in [0.2, 0.25) is 0 Å². The van der Waals surface area contributed by atoms with Gasteiger partial charge in [-0.15, -0.1) is 0 Å². The summed E-state index contributed by atoms with van der Waals surface area (Å²) in [5.41, 5.74) is 0.914. The highest BCUT2D eigenvalue weighted by Crippen LogP contribution is 2.21. The van der Waals surface area contributed by atoms with Crippen LogP contribution >= 0.6 is 0 Å². The summed E-state index contributed by atoms with van der Waals surface area (Å²) in [5, 5.41) is 13.5. The second-order valence-electron chi connectivity index (χ2n) is 5.46. The molecule has 3 atom stereocenters. The Bertz CT molecular complexity index is 404. The molecule has 2 N–H and O–H groups in total. The molecule has 0 bridgehead atoms. The molecule has 3 nitrogen and oxygen atoms in total. The summed E-state index contributed by atoms with van der Waals surface area (Å²) in [6.07, 6.45) is 3.37. The van der Waals surface area contributed by atoms with Crippen LogP contribution in [0.25, 0.3) is 0 Å². The first-order valence-corrected chi connectivity index (χ1v) is 7.17. The van der Waals surface area contributed by atoms with E-state index in [1.807, 2.05) is 37.3 Å². The fourth-order valence-corrected chi connectivity index (χ4v) is 2.65. The fraction of sp³-hybridized carbons (Fsp3) is 0.562. The monoisotopic (exact) mass is 261 g/mol. The third-order valence-corrected chi connectivity index (χ3v) is 3.98. The van der Waals surface area contributed by atoms with E-state index in [1.165, 1.54) is 0 Å². The van der Waals surface area contributed by atoms with Gasteiger partial charge in [0.25, 0.3) is 0 Å². The summed E-state index contributed by atoms with van der Waals surface area (Å²) in [5.74, 6) is 0.513. The van der Waals surface area contributed by atoms with Gasteiger partial charge in [0.1, 0.15) is 5.78 Å². The first-order valence-electron chi connectivity index (χ1n) is 7.17. The third-order valence-electron chi connectivity index (χ3n) is 3.98. The van der Waals surface area contributed by atoms with Gasteiger partial charge in [-0.05, 0) is 25.3 Å². The molecule has 0 saturated heterocycles. The molecule has 0 aliphatic heterocycles. The van der Waals surface area contributed by atoms with Gasteiger partial charge in [-0.3, -0.25) is 4.79 Å². The van der Waals surface area contributed by atoms with Crippen LogP contribution in [0.3, 0.4) is 0 Å². The molecule has 1 aliphatic rings. The Labute approximate surface area is 115 Å². The van der Waals surface area contributed by atoms with Gasteiger partial charge in [0.05, 0.1) is 6.10 Å². The smallest absolute Gasteiger partial charge is 0.137 e. The number of hydrogen-bond acceptors (Lipinski definition) is 3. The van der Waals surface area contributed by atoms with Crippen LogP contribution in [0, 0.1) is 5.92 Å². The zero-order chi connectivity index (χ0) is 13.7. The van der Waals surface area contributed by atoms with E-state index in [0.29, 0.717) is 12.3 Å². The van der Waals surface area contributed by atoms with Crippen LogP contribution in [0.1, 0.15) is 44.3 Å². The molecule has 1 aromatic carbocycles. The Morgan fingerprint density at radius 2 is 2.05 bits per heavy atom. The van der Waals surface area contributed by atoms with Gasteiger partial charge in [-0.2, -0.15) is 0 Å². The largest absolute Gasteiger partial charge is 0.387 e. The molecule has 3 heteroatoms. The van der Waals surface area contributed by atoms with Crippen LogP contribution in [-0.2, 0) is 4.79 Å². The van der Waals surface area contributed by atoms with E-state index in [1.54, 1.807) is 0 Å². The predicted octanol–water partition coefficient (Wildman–Crippen LogP) is 2.46. The van der Waals surface area contributed by atoms with Crippen molar-refractivity contribution in [2.75, 3.05) is 6.54 Å². The van der Waals surface area contributed by atoms with Gasteiger partial charge in [0, 0.05) is 24.9 Å². The summed E-state index contributed by atoms with van der Waals surface area (Å²) in [4.78, 5) is 11.7. The molecular formula is C16H23NO2. The van der Waals surface area contributed by atoms with Gasteiger partial charge in [-0.25, -0.2) is 0 Å². The average molecular weight is 261 g/mol. The molecule has 0 amide bonds. The summed E-state index contributed by atoms with van der Waals surface area (Å²) in [6, 6.07) is 9.60. The Hall–Kier alpha value is -1.19. The predicted molar refractivity (Wildman–Crippen MR) is 75.8 cm³/mol. The zero-order valence-corrected chi connectivity index (χ0v) is 11.5. The lowest BCUT2D eigenvalue weighted by Gasteiger charge is -2.25. The van der Waals surface area contributed by atoms with Crippen molar-refractivity contribution >= 4 is 5.78 Å². The molecule has 0 radical (unpaired) electrons. The number of aliphatic hydroxyl groups excluding tert-OH is 1. The number of aliphatic hydroxyl groups is 1. The number of hydrogen-bond donors (Lipinski definition) is 2. The van der Waals surface area contributed by atoms with Crippen LogP contribution in [0.15, 0.2) is 30.3 Å². The van der Waals surface area contributed by atoms with E-state index < -0.39 is 6.10 Å². The van der Waals surface area contributed by atoms with E-state index in [9.17, 15) is 9.90 Å². The Morgan fingerprint density at radius 3 is 2.74 bits per heavy atom. The fourth-order valence-electron chi connectivity index (χ4n) is 2.65. The maximum Gasteiger partial charge on any atom is 0.137 e.